The molecule has 0 spiro atoms. The van der Waals surface area contributed by atoms with Gasteiger partial charge in [0.25, 0.3) is 0 Å². The Morgan fingerprint density at radius 2 is 1.88 bits per heavy atom. The topological polar surface area (TPSA) is 33.2 Å². The molecule has 1 aliphatic heterocycles. The molecule has 0 atom stereocenters. The highest BCUT2D eigenvalue weighted by Gasteiger charge is 2.22. The fourth-order valence-corrected chi connectivity index (χ4v) is 4.95. The number of aryl methyl sites for hydroxylation is 1. The maximum atomic E-state index is 12.4. The molecule has 0 bridgehead atoms. The molecule has 0 N–H and O–H groups in total. The van der Waals surface area contributed by atoms with E-state index in [2.05, 4.69) is 6.07 Å². The van der Waals surface area contributed by atoms with Crippen LogP contribution in [0.3, 0.4) is 0 Å². The van der Waals surface area contributed by atoms with Gasteiger partial charge < -0.3 is 4.90 Å². The fourth-order valence-electron chi connectivity index (χ4n) is 3.78. The molecular formula is C19H21ClN2OS. The lowest BCUT2D eigenvalue weighted by atomic mass is 9.90. The van der Waals surface area contributed by atoms with Gasteiger partial charge in [-0.25, -0.2) is 4.98 Å². The minimum atomic E-state index is 0.245. The van der Waals surface area contributed by atoms with Gasteiger partial charge in [0.2, 0.25) is 5.91 Å². The zero-order valence-electron chi connectivity index (χ0n) is 13.7. The summed E-state index contributed by atoms with van der Waals surface area (Å²) in [6.45, 7) is 1.83. The van der Waals surface area contributed by atoms with Gasteiger partial charge in [-0.3, -0.25) is 4.79 Å². The molecule has 2 heterocycles. The smallest absolute Gasteiger partial charge is 0.232 e. The van der Waals surface area contributed by atoms with Crippen LogP contribution in [0.1, 0.15) is 36.8 Å². The van der Waals surface area contributed by atoms with E-state index in [-0.39, 0.29) is 5.91 Å². The summed E-state index contributed by atoms with van der Waals surface area (Å²) in [5.74, 6) is 0.737. The van der Waals surface area contributed by atoms with Crippen LogP contribution in [-0.4, -0.2) is 34.6 Å². The van der Waals surface area contributed by atoms with Gasteiger partial charge in [0, 0.05) is 23.5 Å². The van der Waals surface area contributed by atoms with Crippen LogP contribution in [0.15, 0.2) is 23.2 Å². The van der Waals surface area contributed by atoms with E-state index in [0.717, 1.165) is 54.3 Å². The van der Waals surface area contributed by atoms with Crippen LogP contribution in [0.5, 0.6) is 0 Å². The van der Waals surface area contributed by atoms with Gasteiger partial charge in [-0.2, -0.15) is 0 Å². The first-order valence-electron chi connectivity index (χ1n) is 8.74. The van der Waals surface area contributed by atoms with Crippen LogP contribution >= 0.6 is 23.4 Å². The molecule has 1 amide bonds. The van der Waals surface area contributed by atoms with Gasteiger partial charge >= 0.3 is 0 Å². The van der Waals surface area contributed by atoms with E-state index in [1.165, 1.54) is 29.4 Å². The monoisotopic (exact) mass is 360 g/mol. The van der Waals surface area contributed by atoms with E-state index < -0.39 is 0 Å². The van der Waals surface area contributed by atoms with Gasteiger partial charge in [0.15, 0.2) is 0 Å². The van der Waals surface area contributed by atoms with Crippen molar-refractivity contribution < 1.29 is 4.79 Å². The van der Waals surface area contributed by atoms with E-state index in [0.29, 0.717) is 5.75 Å². The Kier molecular flexibility index (Phi) is 4.68. The summed E-state index contributed by atoms with van der Waals surface area (Å²) in [6, 6.07) is 5.99. The first-order chi connectivity index (χ1) is 11.7. The Morgan fingerprint density at radius 1 is 1.12 bits per heavy atom. The minimum Gasteiger partial charge on any atom is -0.342 e. The number of halogens is 1. The van der Waals surface area contributed by atoms with Gasteiger partial charge in [0.1, 0.15) is 5.03 Å². The zero-order chi connectivity index (χ0) is 16.5. The molecule has 0 unspecified atom stereocenters. The number of rotatable bonds is 3. The number of amides is 1. The summed E-state index contributed by atoms with van der Waals surface area (Å²) in [5.41, 5.74) is 3.73. The SMILES string of the molecule is O=C(CSc1nc2cc(Cl)ccc2c2c1CCCC2)N1CCCC1. The number of hydrogen-bond donors (Lipinski definition) is 0. The molecule has 1 fully saturated rings. The van der Waals surface area contributed by atoms with Crippen LogP contribution in [-0.2, 0) is 17.6 Å². The third-order valence-corrected chi connectivity index (χ3v) is 6.26. The van der Waals surface area contributed by atoms with Crippen molar-refractivity contribution in [3.63, 3.8) is 0 Å². The molecule has 2 aromatic rings. The van der Waals surface area contributed by atoms with Crippen LogP contribution < -0.4 is 0 Å². The zero-order valence-corrected chi connectivity index (χ0v) is 15.3. The average Bonchev–Trinajstić information content (AvgIpc) is 3.14. The number of carbonyl (C=O) groups is 1. The summed E-state index contributed by atoms with van der Waals surface area (Å²) < 4.78 is 0. The normalized spacial score (nSPS) is 17.3. The van der Waals surface area contributed by atoms with Crippen molar-refractivity contribution >= 4 is 40.2 Å². The van der Waals surface area contributed by atoms with Gasteiger partial charge in [-0.15, -0.1) is 0 Å². The minimum absolute atomic E-state index is 0.245. The second-order valence-electron chi connectivity index (χ2n) is 6.62. The summed E-state index contributed by atoms with van der Waals surface area (Å²) in [7, 11) is 0. The number of carbonyl (C=O) groups excluding carboxylic acids is 1. The molecule has 2 aliphatic rings. The quantitative estimate of drug-likeness (QED) is 0.756. The van der Waals surface area contributed by atoms with Crippen molar-refractivity contribution in [1.29, 1.82) is 0 Å². The number of pyridine rings is 1. The second kappa shape index (κ2) is 6.93. The summed E-state index contributed by atoms with van der Waals surface area (Å²) in [5, 5.41) is 2.98. The third-order valence-electron chi connectivity index (χ3n) is 5.02. The van der Waals surface area contributed by atoms with E-state index in [9.17, 15) is 4.79 Å². The molecule has 3 nitrogen and oxygen atoms in total. The molecule has 4 rings (SSSR count). The van der Waals surface area contributed by atoms with Crippen LogP contribution in [0.2, 0.25) is 5.02 Å². The molecule has 1 aromatic carbocycles. The maximum Gasteiger partial charge on any atom is 0.232 e. The standard InChI is InChI=1S/C19H21ClN2OS/c20-13-7-8-15-14-5-1-2-6-16(14)19(21-17(15)11-13)24-12-18(23)22-9-3-4-10-22/h7-8,11H,1-6,9-10,12H2. The lowest BCUT2D eigenvalue weighted by Crippen LogP contribution is -2.29. The van der Waals surface area contributed by atoms with Crippen LogP contribution in [0.4, 0.5) is 0 Å². The van der Waals surface area contributed by atoms with E-state index in [1.54, 1.807) is 11.8 Å². The summed E-state index contributed by atoms with van der Waals surface area (Å²) in [6.07, 6.45) is 6.88. The Bertz CT molecular complexity index is 787. The molecular weight excluding hydrogens is 340 g/mol. The number of aromatic nitrogens is 1. The van der Waals surface area contributed by atoms with E-state index in [4.69, 9.17) is 16.6 Å². The predicted molar refractivity (Wildman–Crippen MR) is 99.9 cm³/mol. The number of nitrogens with zero attached hydrogens (tertiary/aromatic N) is 2. The van der Waals surface area contributed by atoms with Crippen molar-refractivity contribution in [1.82, 2.24) is 9.88 Å². The Hall–Kier alpha value is -1.26. The first kappa shape index (κ1) is 16.2. The molecule has 5 heteroatoms. The largest absolute Gasteiger partial charge is 0.342 e. The molecule has 1 aromatic heterocycles. The number of hydrogen-bond acceptors (Lipinski definition) is 3. The van der Waals surface area contributed by atoms with Gasteiger partial charge in [-0.05, 0) is 61.8 Å². The third kappa shape index (κ3) is 3.14. The van der Waals surface area contributed by atoms with Crippen molar-refractivity contribution in [2.45, 2.75) is 43.6 Å². The highest BCUT2D eigenvalue weighted by atomic mass is 35.5. The number of likely N-dealkylation sites (tertiary alicyclic amines) is 1. The summed E-state index contributed by atoms with van der Waals surface area (Å²) >= 11 is 7.77. The second-order valence-corrected chi connectivity index (χ2v) is 8.02. The molecule has 0 radical (unpaired) electrons. The van der Waals surface area contributed by atoms with Gasteiger partial charge in [-0.1, -0.05) is 29.4 Å². The van der Waals surface area contributed by atoms with Crippen LogP contribution in [0.25, 0.3) is 10.9 Å². The number of thioether (sulfide) groups is 1. The lowest BCUT2D eigenvalue weighted by Gasteiger charge is -2.21. The first-order valence-corrected chi connectivity index (χ1v) is 10.1. The van der Waals surface area contributed by atoms with Crippen LogP contribution in [0, 0.1) is 0 Å². The summed E-state index contributed by atoms with van der Waals surface area (Å²) in [4.78, 5) is 19.2. The molecule has 24 heavy (non-hydrogen) atoms. The molecule has 126 valence electrons. The maximum absolute atomic E-state index is 12.4. The van der Waals surface area contributed by atoms with Crippen molar-refractivity contribution in [3.8, 4) is 0 Å². The van der Waals surface area contributed by atoms with Gasteiger partial charge in [0.05, 0.1) is 11.3 Å². The number of benzene rings is 1. The molecule has 1 aliphatic carbocycles. The Balaban J connectivity index is 1.65. The Labute approximate surface area is 151 Å². The van der Waals surface area contributed by atoms with E-state index in [1.807, 2.05) is 17.0 Å². The fraction of sp³-hybridized carbons (Fsp3) is 0.474. The number of fused-ring (bicyclic) bond motifs is 3. The van der Waals surface area contributed by atoms with E-state index >= 15 is 0 Å². The lowest BCUT2D eigenvalue weighted by molar-refractivity contribution is -0.127. The predicted octanol–water partition coefficient (Wildman–Crippen LogP) is 4.48. The highest BCUT2D eigenvalue weighted by Crippen LogP contribution is 2.35. The van der Waals surface area contributed by atoms with Crippen molar-refractivity contribution in [3.05, 3.63) is 34.3 Å². The molecule has 0 saturated carbocycles. The molecule has 1 saturated heterocycles. The highest BCUT2D eigenvalue weighted by molar-refractivity contribution is 7.99. The Morgan fingerprint density at radius 3 is 2.67 bits per heavy atom. The van der Waals surface area contributed by atoms with Crippen molar-refractivity contribution in [2.24, 2.45) is 0 Å². The average molecular weight is 361 g/mol. The van der Waals surface area contributed by atoms with Crippen molar-refractivity contribution in [2.75, 3.05) is 18.8 Å².